The molecule has 19 heavy (non-hydrogen) atoms. The molecular formula is C14H22N4O. The van der Waals surface area contributed by atoms with Crippen LogP contribution >= 0.6 is 0 Å². The van der Waals surface area contributed by atoms with Crippen LogP contribution in [0.2, 0.25) is 0 Å². The molecule has 0 aromatic carbocycles. The molecule has 1 saturated heterocycles. The minimum atomic E-state index is -0.103. The Morgan fingerprint density at radius 2 is 2.26 bits per heavy atom. The van der Waals surface area contributed by atoms with Crippen molar-refractivity contribution in [3.63, 3.8) is 0 Å². The minimum absolute atomic E-state index is 0.103. The lowest BCUT2D eigenvalue weighted by atomic mass is 9.83. The van der Waals surface area contributed by atoms with Gasteiger partial charge in [0.1, 0.15) is 0 Å². The van der Waals surface area contributed by atoms with Crippen LogP contribution in [0.25, 0.3) is 0 Å². The summed E-state index contributed by atoms with van der Waals surface area (Å²) in [5.74, 6) is 0.165. The van der Waals surface area contributed by atoms with Crippen molar-refractivity contribution in [2.75, 3.05) is 13.6 Å². The van der Waals surface area contributed by atoms with Gasteiger partial charge in [0.25, 0.3) is 0 Å². The van der Waals surface area contributed by atoms with Gasteiger partial charge in [0.05, 0.1) is 24.5 Å². The Labute approximate surface area is 114 Å². The summed E-state index contributed by atoms with van der Waals surface area (Å²) < 4.78 is 0. The van der Waals surface area contributed by atoms with Gasteiger partial charge in [-0.2, -0.15) is 0 Å². The normalized spacial score (nSPS) is 23.2. The van der Waals surface area contributed by atoms with Crippen LogP contribution in [0.15, 0.2) is 18.6 Å². The fraction of sp³-hybridized carbons (Fsp3) is 0.643. The van der Waals surface area contributed by atoms with Gasteiger partial charge in [-0.25, -0.2) is 0 Å². The minimum Gasteiger partial charge on any atom is -0.335 e. The molecule has 1 aromatic rings. The quantitative estimate of drug-likeness (QED) is 0.889. The summed E-state index contributed by atoms with van der Waals surface area (Å²) in [5.41, 5.74) is 1.02. The highest BCUT2D eigenvalue weighted by Crippen LogP contribution is 2.30. The first-order valence-corrected chi connectivity index (χ1v) is 6.73. The summed E-state index contributed by atoms with van der Waals surface area (Å²) in [7, 11) is 1.85. The predicted octanol–water partition coefficient (Wildman–Crippen LogP) is 1.21. The smallest absolute Gasteiger partial charge is 0.240 e. The Balaban J connectivity index is 2.13. The van der Waals surface area contributed by atoms with Crippen LogP contribution in [0.1, 0.15) is 32.4 Å². The van der Waals surface area contributed by atoms with E-state index < -0.39 is 0 Å². The van der Waals surface area contributed by atoms with Crippen molar-refractivity contribution in [3.05, 3.63) is 24.3 Å². The van der Waals surface area contributed by atoms with Crippen molar-refractivity contribution in [2.24, 2.45) is 5.41 Å². The molecule has 1 fully saturated rings. The van der Waals surface area contributed by atoms with Crippen LogP contribution < -0.4 is 5.32 Å². The third-order valence-electron chi connectivity index (χ3n) is 3.74. The standard InChI is InChI=1S/C14H22N4O/c1-14(2)4-7-18(13(19)12(8-14)15-3)10-11-9-16-5-6-17-11/h5-6,9,12,15H,4,7-8,10H2,1-3H3. The molecule has 0 radical (unpaired) electrons. The van der Waals surface area contributed by atoms with E-state index in [0.29, 0.717) is 6.54 Å². The summed E-state index contributed by atoms with van der Waals surface area (Å²) in [6.07, 6.45) is 6.92. The van der Waals surface area contributed by atoms with Crippen molar-refractivity contribution >= 4 is 5.91 Å². The molecule has 1 N–H and O–H groups in total. The van der Waals surface area contributed by atoms with Crippen LogP contribution in [0.4, 0.5) is 0 Å². The van der Waals surface area contributed by atoms with Crippen LogP contribution in [0.5, 0.6) is 0 Å². The molecule has 2 heterocycles. The average Bonchev–Trinajstić information content (AvgIpc) is 2.51. The number of likely N-dealkylation sites (N-methyl/N-ethyl adjacent to an activating group) is 1. The second-order valence-corrected chi connectivity index (χ2v) is 5.92. The lowest BCUT2D eigenvalue weighted by molar-refractivity contribution is -0.133. The number of hydrogen-bond acceptors (Lipinski definition) is 4. The summed E-state index contributed by atoms with van der Waals surface area (Å²) in [4.78, 5) is 22.7. The van der Waals surface area contributed by atoms with Crippen LogP contribution in [0, 0.1) is 5.41 Å². The Morgan fingerprint density at radius 3 is 2.89 bits per heavy atom. The monoisotopic (exact) mass is 262 g/mol. The fourth-order valence-corrected chi connectivity index (χ4v) is 2.50. The molecule has 104 valence electrons. The lowest BCUT2D eigenvalue weighted by Gasteiger charge is -2.24. The summed E-state index contributed by atoms with van der Waals surface area (Å²) in [6.45, 7) is 5.76. The second-order valence-electron chi connectivity index (χ2n) is 5.92. The number of hydrogen-bond donors (Lipinski definition) is 1. The zero-order chi connectivity index (χ0) is 13.9. The van der Waals surface area contributed by atoms with E-state index in [0.717, 1.165) is 25.1 Å². The van der Waals surface area contributed by atoms with Crippen molar-refractivity contribution in [1.29, 1.82) is 0 Å². The van der Waals surface area contributed by atoms with Crippen LogP contribution in [-0.2, 0) is 11.3 Å². The molecule has 1 aliphatic heterocycles. The molecular weight excluding hydrogens is 240 g/mol. The van der Waals surface area contributed by atoms with E-state index in [1.54, 1.807) is 18.6 Å². The molecule has 0 spiro atoms. The molecule has 5 nitrogen and oxygen atoms in total. The summed E-state index contributed by atoms with van der Waals surface area (Å²) in [5, 5.41) is 3.14. The number of aromatic nitrogens is 2. The largest absolute Gasteiger partial charge is 0.335 e. The molecule has 2 rings (SSSR count). The zero-order valence-electron chi connectivity index (χ0n) is 11.9. The van der Waals surface area contributed by atoms with Crippen molar-refractivity contribution in [2.45, 2.75) is 39.3 Å². The first-order valence-electron chi connectivity index (χ1n) is 6.73. The first-order chi connectivity index (χ1) is 9.02. The van der Waals surface area contributed by atoms with E-state index in [1.807, 2.05) is 11.9 Å². The van der Waals surface area contributed by atoms with E-state index in [4.69, 9.17) is 0 Å². The van der Waals surface area contributed by atoms with E-state index in [2.05, 4.69) is 29.1 Å². The van der Waals surface area contributed by atoms with Crippen LogP contribution in [-0.4, -0.2) is 40.4 Å². The number of rotatable bonds is 3. The third kappa shape index (κ3) is 3.50. The molecule has 5 heteroatoms. The van der Waals surface area contributed by atoms with Gasteiger partial charge in [-0.1, -0.05) is 13.8 Å². The maximum absolute atomic E-state index is 12.5. The van der Waals surface area contributed by atoms with Crippen molar-refractivity contribution < 1.29 is 4.79 Å². The van der Waals surface area contributed by atoms with Gasteiger partial charge in [-0.3, -0.25) is 14.8 Å². The predicted molar refractivity (Wildman–Crippen MR) is 73.3 cm³/mol. The lowest BCUT2D eigenvalue weighted by Crippen LogP contribution is -2.44. The molecule has 1 amide bonds. The van der Waals surface area contributed by atoms with Crippen molar-refractivity contribution in [3.8, 4) is 0 Å². The van der Waals surface area contributed by atoms with Crippen molar-refractivity contribution in [1.82, 2.24) is 20.2 Å². The van der Waals surface area contributed by atoms with Gasteiger partial charge in [0, 0.05) is 18.9 Å². The molecule has 0 aliphatic carbocycles. The highest BCUT2D eigenvalue weighted by molar-refractivity contribution is 5.82. The SMILES string of the molecule is CNC1CC(C)(C)CCN(Cc2cnccn2)C1=O. The number of carbonyl (C=O) groups is 1. The molecule has 1 aromatic heterocycles. The Bertz CT molecular complexity index is 432. The van der Waals surface area contributed by atoms with E-state index in [1.165, 1.54) is 0 Å². The number of amides is 1. The molecule has 1 unspecified atom stereocenters. The Morgan fingerprint density at radius 1 is 1.47 bits per heavy atom. The molecule has 1 atom stereocenters. The highest BCUT2D eigenvalue weighted by atomic mass is 16.2. The van der Waals surface area contributed by atoms with Gasteiger partial charge in [-0.15, -0.1) is 0 Å². The summed E-state index contributed by atoms with van der Waals surface area (Å²) >= 11 is 0. The fourth-order valence-electron chi connectivity index (χ4n) is 2.50. The first kappa shape index (κ1) is 13.9. The molecule has 0 saturated carbocycles. The Kier molecular flexibility index (Phi) is 4.14. The number of nitrogens with zero attached hydrogens (tertiary/aromatic N) is 3. The van der Waals surface area contributed by atoms with E-state index in [9.17, 15) is 4.79 Å². The third-order valence-corrected chi connectivity index (χ3v) is 3.74. The van der Waals surface area contributed by atoms with Gasteiger partial charge in [0.2, 0.25) is 5.91 Å². The Hall–Kier alpha value is -1.49. The topological polar surface area (TPSA) is 58.1 Å². The zero-order valence-corrected chi connectivity index (χ0v) is 11.9. The van der Waals surface area contributed by atoms with E-state index in [-0.39, 0.29) is 17.4 Å². The summed E-state index contributed by atoms with van der Waals surface area (Å²) in [6, 6.07) is -0.103. The number of nitrogens with one attached hydrogen (secondary N) is 1. The van der Waals surface area contributed by atoms with Gasteiger partial charge in [-0.05, 0) is 25.3 Å². The number of carbonyl (C=O) groups excluding carboxylic acids is 1. The number of likely N-dealkylation sites (tertiary alicyclic amines) is 1. The molecule has 0 bridgehead atoms. The van der Waals surface area contributed by atoms with E-state index >= 15 is 0 Å². The van der Waals surface area contributed by atoms with Gasteiger partial charge < -0.3 is 10.2 Å². The average molecular weight is 262 g/mol. The maximum atomic E-state index is 12.5. The van der Waals surface area contributed by atoms with Gasteiger partial charge in [0.15, 0.2) is 0 Å². The van der Waals surface area contributed by atoms with Gasteiger partial charge >= 0.3 is 0 Å². The highest BCUT2D eigenvalue weighted by Gasteiger charge is 2.34. The second kappa shape index (κ2) is 5.65. The maximum Gasteiger partial charge on any atom is 0.240 e. The molecule has 1 aliphatic rings. The van der Waals surface area contributed by atoms with Crippen LogP contribution in [0.3, 0.4) is 0 Å².